The molecule has 0 fully saturated rings. The highest BCUT2D eigenvalue weighted by atomic mass is 127. The highest BCUT2D eigenvalue weighted by Gasteiger charge is 1.69. The van der Waals surface area contributed by atoms with Crippen molar-refractivity contribution in [3.8, 4) is 0 Å². The molecule has 0 aliphatic carbocycles. The molecule has 1 aliphatic rings. The van der Waals surface area contributed by atoms with Gasteiger partial charge in [-0.3, -0.25) is 0 Å². The van der Waals surface area contributed by atoms with Gasteiger partial charge in [0.2, 0.25) is 0 Å². The van der Waals surface area contributed by atoms with E-state index in [1.807, 2.05) is 6.20 Å². The number of halogens is 2. The van der Waals surface area contributed by atoms with E-state index in [1.54, 1.807) is 0 Å². The molecule has 2 nitrogen and oxygen atoms in total. The molecule has 0 aromatic heterocycles. The Kier molecular flexibility index (Phi) is 2.38. The fourth-order valence-corrected chi connectivity index (χ4v) is 3.74. The Bertz CT molecular complexity index is 78.9. The maximum absolute atomic E-state index is 4.14. The summed E-state index contributed by atoms with van der Waals surface area (Å²) in [6.07, 6.45) is 1.90. The molecule has 1 aliphatic heterocycles. The Balaban J connectivity index is 2.77. The van der Waals surface area contributed by atoms with Crippen LogP contribution < -0.4 is 0 Å². The zero-order chi connectivity index (χ0) is 4.24. The van der Waals surface area contributed by atoms with E-state index in [9.17, 15) is 0 Å². The first kappa shape index (κ1) is 4.95. The quantitative estimate of drug-likeness (QED) is 0.615. The Labute approximate surface area is 56.7 Å². The van der Waals surface area contributed by atoms with Crippen molar-refractivity contribution in [2.45, 2.75) is 0 Å². The van der Waals surface area contributed by atoms with Crippen LogP contribution in [0.1, 0.15) is 0 Å². The Morgan fingerprint density at radius 2 is 2.50 bits per heavy atom. The van der Waals surface area contributed by atoms with Crippen molar-refractivity contribution in [3.05, 3.63) is 10.3 Å². The molecule has 0 radical (unpaired) electrons. The first-order valence-corrected chi connectivity index (χ1v) is 5.46. The molecule has 1 heterocycles. The molecule has 0 aromatic carbocycles. The normalized spacial score (nSPS) is 18.7. The van der Waals surface area contributed by atoms with Crippen molar-refractivity contribution in [1.29, 1.82) is 0 Å². The lowest BCUT2D eigenvalue weighted by molar-refractivity contribution is 1.72. The molecule has 1 rings (SSSR count). The van der Waals surface area contributed by atoms with Crippen LogP contribution in [0, 0.1) is 0 Å². The van der Waals surface area contributed by atoms with Crippen molar-refractivity contribution < 1.29 is 0 Å². The average molecular weight is 308 g/mol. The SMILES string of the molecule is C1=CI=NI=N1. The van der Waals surface area contributed by atoms with Crippen molar-refractivity contribution in [2.75, 3.05) is 0 Å². The second kappa shape index (κ2) is 2.89. The minimum absolute atomic E-state index is 0.0732. The van der Waals surface area contributed by atoms with Gasteiger partial charge >= 0.3 is 0 Å². The van der Waals surface area contributed by atoms with Gasteiger partial charge in [-0.05, 0) is 0 Å². The van der Waals surface area contributed by atoms with Gasteiger partial charge in [0, 0.05) is 31.3 Å². The van der Waals surface area contributed by atoms with E-state index in [-0.39, 0.29) is 42.3 Å². The monoisotopic (exact) mass is 308 g/mol. The molecular weight excluding hydrogens is 306 g/mol. The molecule has 0 N–H and O–H groups in total. The Morgan fingerprint density at radius 3 is 2.67 bits per heavy atom. The molecule has 0 amide bonds. The molecule has 0 aromatic rings. The predicted molar refractivity (Wildman–Crippen MR) is 42.0 cm³/mol. The van der Waals surface area contributed by atoms with E-state index in [1.165, 1.54) is 0 Å². The maximum atomic E-state index is 4.14. The van der Waals surface area contributed by atoms with Crippen molar-refractivity contribution in [1.82, 2.24) is 0 Å². The van der Waals surface area contributed by atoms with Gasteiger partial charge in [0.25, 0.3) is 0 Å². The van der Waals surface area contributed by atoms with Crippen LogP contribution in [0.25, 0.3) is 0 Å². The van der Waals surface area contributed by atoms with Gasteiger partial charge in [-0.25, -0.2) is 3.15 Å². The smallest absolute Gasteiger partial charge is 0.148 e. The third kappa shape index (κ3) is 1.50. The summed E-state index contributed by atoms with van der Waals surface area (Å²) in [7, 11) is 0. The molecule has 0 bridgehead atoms. The summed E-state index contributed by atoms with van der Waals surface area (Å²) in [6.45, 7) is 0. The summed E-state index contributed by atoms with van der Waals surface area (Å²) in [5, 5.41) is 0. The average Bonchev–Trinajstić information content (AvgIpc) is 1.72. The van der Waals surface area contributed by atoms with Crippen LogP contribution in [0.15, 0.2) is 14.8 Å². The number of hydrogen-bond acceptors (Lipinski definition) is 2. The lowest BCUT2D eigenvalue weighted by Gasteiger charge is -1.74. The molecule has 6 heavy (non-hydrogen) atoms. The van der Waals surface area contributed by atoms with Crippen molar-refractivity contribution >= 4 is 42.3 Å². The van der Waals surface area contributed by atoms with Crippen LogP contribution in [-0.4, -0.2) is 0 Å². The van der Waals surface area contributed by atoms with Crippen LogP contribution in [0.5, 0.6) is 0 Å². The van der Waals surface area contributed by atoms with Crippen molar-refractivity contribution in [2.24, 2.45) is 4.50 Å². The first-order chi connectivity index (χ1) is 3.00. The van der Waals surface area contributed by atoms with Gasteiger partial charge in [-0.15, -0.1) is 0 Å². The highest BCUT2D eigenvalue weighted by Crippen LogP contribution is 2.18. The number of hydrogen-bond donors (Lipinski definition) is 0. The van der Waals surface area contributed by atoms with Gasteiger partial charge in [0.15, 0.2) is 0 Å². The first-order valence-electron chi connectivity index (χ1n) is 1.32. The summed E-state index contributed by atoms with van der Waals surface area (Å²) in [5.74, 6) is 0. The summed E-state index contributed by atoms with van der Waals surface area (Å²) in [6, 6.07) is 0. The van der Waals surface area contributed by atoms with E-state index in [2.05, 4.69) is 8.59 Å². The standard InChI is InChI=1S/C2H2I2N2/c1-2-5-4-6-3-1/h1-2H. The van der Waals surface area contributed by atoms with Crippen LogP contribution in [0.3, 0.4) is 0 Å². The maximum Gasteiger partial charge on any atom is 0.148 e. The minimum atomic E-state index is -0.0732. The third-order valence-corrected chi connectivity index (χ3v) is 4.37. The minimum Gasteiger partial charge on any atom is -0.212 e. The summed E-state index contributed by atoms with van der Waals surface area (Å²) in [4.78, 5) is 0. The predicted octanol–water partition coefficient (Wildman–Crippen LogP) is 2.69. The molecular formula is C2H2I2N2. The van der Waals surface area contributed by atoms with Crippen LogP contribution in [0.2, 0.25) is 0 Å². The fraction of sp³-hybridized carbons (Fsp3) is 0. The molecule has 4 heteroatoms. The Hall–Kier alpha value is 0.800. The second-order valence-electron chi connectivity index (χ2n) is 0.610. The number of nitrogens with zero attached hydrogens (tertiary/aromatic N) is 2. The number of rotatable bonds is 0. The van der Waals surface area contributed by atoms with Gasteiger partial charge in [-0.2, -0.15) is 1.36 Å². The molecule has 34 valence electrons. The zero-order valence-electron chi connectivity index (χ0n) is 2.81. The molecule has 0 saturated carbocycles. The fourth-order valence-electron chi connectivity index (χ4n) is 0.126. The van der Waals surface area contributed by atoms with E-state index < -0.39 is 0 Å². The topological polar surface area (TPSA) is 24.7 Å². The lowest BCUT2D eigenvalue weighted by atomic mass is 11.1. The summed E-state index contributed by atoms with van der Waals surface area (Å²) in [5.41, 5.74) is 0. The third-order valence-electron chi connectivity index (χ3n) is 0.278. The van der Waals surface area contributed by atoms with E-state index in [0.717, 1.165) is 0 Å². The van der Waals surface area contributed by atoms with Crippen LogP contribution in [-0.2, 0) is 0 Å². The summed E-state index contributed by atoms with van der Waals surface area (Å²) < 4.78 is 10.2. The van der Waals surface area contributed by atoms with Crippen molar-refractivity contribution in [3.63, 3.8) is 0 Å². The van der Waals surface area contributed by atoms with Crippen LogP contribution >= 0.6 is 42.3 Å². The van der Waals surface area contributed by atoms with Gasteiger partial charge < -0.3 is 0 Å². The van der Waals surface area contributed by atoms with E-state index >= 15 is 0 Å². The lowest BCUT2D eigenvalue weighted by Crippen LogP contribution is -1.36. The largest absolute Gasteiger partial charge is 0.212 e. The van der Waals surface area contributed by atoms with Gasteiger partial charge in [0.1, 0.15) is 21.3 Å². The van der Waals surface area contributed by atoms with Gasteiger partial charge in [0.05, 0.1) is 0 Å². The Morgan fingerprint density at radius 1 is 1.50 bits per heavy atom. The summed E-state index contributed by atoms with van der Waals surface area (Å²) >= 11 is 0.0411. The second-order valence-corrected chi connectivity index (χ2v) is 5.69. The van der Waals surface area contributed by atoms with E-state index in [0.29, 0.717) is 0 Å². The highest BCUT2D eigenvalue weighted by molar-refractivity contribution is 14.2. The molecule has 0 spiro atoms. The molecule has 0 atom stereocenters. The van der Waals surface area contributed by atoms with Crippen LogP contribution in [0.4, 0.5) is 0 Å². The zero-order valence-corrected chi connectivity index (χ0v) is 7.12. The van der Waals surface area contributed by atoms with E-state index in [4.69, 9.17) is 0 Å². The molecule has 0 unspecified atom stereocenters. The van der Waals surface area contributed by atoms with Gasteiger partial charge in [-0.1, -0.05) is 0 Å². The molecule has 0 saturated heterocycles.